The number of nitro benzene ring substituents is 1. The van der Waals surface area contributed by atoms with Gasteiger partial charge in [0.15, 0.2) is 0 Å². The Bertz CT molecular complexity index is 1300. The van der Waals surface area contributed by atoms with Gasteiger partial charge in [0.1, 0.15) is 22.9 Å². The summed E-state index contributed by atoms with van der Waals surface area (Å²) < 4.78 is 18.8. The number of phenols is 1. The first-order chi connectivity index (χ1) is 16.7. The summed E-state index contributed by atoms with van der Waals surface area (Å²) in [5.74, 6) is -3.71. The van der Waals surface area contributed by atoms with E-state index >= 15 is 0 Å². The number of carbonyl (C=O) groups is 2. The first-order valence-electron chi connectivity index (χ1n) is 10.4. The van der Waals surface area contributed by atoms with Gasteiger partial charge in [-0.25, -0.2) is 9.59 Å². The second kappa shape index (κ2) is 9.71. The highest BCUT2D eigenvalue weighted by atomic mass is 79.9. The molecule has 1 aliphatic rings. The Hall–Kier alpha value is -3.99. The number of amides is 1. The molecule has 4 rings (SSSR count). The lowest BCUT2D eigenvalue weighted by atomic mass is 9.98. The van der Waals surface area contributed by atoms with Gasteiger partial charge in [0, 0.05) is 24.0 Å². The first kappa shape index (κ1) is 24.1. The number of nitrogens with one attached hydrogen (secondary N) is 1. The summed E-state index contributed by atoms with van der Waals surface area (Å²) in [5.41, 5.74) is 2.82. The smallest absolute Gasteiger partial charge is 0.407 e. The summed E-state index contributed by atoms with van der Waals surface area (Å²) >= 11 is 2.73. The number of halogens is 2. The number of carboxylic acid groups (broad SMARTS) is 1. The van der Waals surface area contributed by atoms with Gasteiger partial charge in [0.05, 0.1) is 4.92 Å². The van der Waals surface area contributed by atoms with Crippen molar-refractivity contribution in [2.24, 2.45) is 0 Å². The molecule has 1 amide bonds. The number of nitrogens with zero attached hydrogens (tertiary/aromatic N) is 1. The summed E-state index contributed by atoms with van der Waals surface area (Å²) in [5, 5.41) is 33.0. The van der Waals surface area contributed by atoms with Crippen molar-refractivity contribution < 1.29 is 33.9 Å². The molecule has 11 heteroatoms. The van der Waals surface area contributed by atoms with Crippen LogP contribution in [-0.2, 0) is 16.0 Å². The van der Waals surface area contributed by atoms with Crippen LogP contribution in [0.15, 0.2) is 59.1 Å². The van der Waals surface area contributed by atoms with Crippen molar-refractivity contribution in [2.45, 2.75) is 18.4 Å². The van der Waals surface area contributed by atoms with E-state index in [4.69, 9.17) is 4.74 Å². The average molecular weight is 545 g/mol. The van der Waals surface area contributed by atoms with Gasteiger partial charge in [-0.3, -0.25) is 10.1 Å². The van der Waals surface area contributed by atoms with E-state index in [1.807, 2.05) is 48.5 Å². The Morgan fingerprint density at radius 1 is 1.14 bits per heavy atom. The number of benzene rings is 3. The summed E-state index contributed by atoms with van der Waals surface area (Å²) in [4.78, 5) is 34.3. The number of ether oxygens (including phenoxy) is 1. The molecular formula is C24H18BrFN2O7. The number of nitro groups is 1. The van der Waals surface area contributed by atoms with E-state index in [0.717, 1.165) is 28.3 Å². The molecule has 180 valence electrons. The molecule has 0 aromatic heterocycles. The van der Waals surface area contributed by atoms with Gasteiger partial charge in [-0.05, 0) is 38.2 Å². The molecule has 0 aliphatic heterocycles. The van der Waals surface area contributed by atoms with Crippen LogP contribution in [0.5, 0.6) is 5.75 Å². The highest BCUT2D eigenvalue weighted by Crippen LogP contribution is 2.44. The molecule has 0 spiro atoms. The zero-order valence-corrected chi connectivity index (χ0v) is 19.5. The Labute approximate surface area is 206 Å². The van der Waals surface area contributed by atoms with Crippen molar-refractivity contribution in [3.63, 3.8) is 0 Å². The molecular weight excluding hydrogens is 527 g/mol. The normalized spacial score (nSPS) is 13.0. The number of phenolic OH excluding ortho intramolecular Hbond substituents is 1. The number of hydrogen-bond donors (Lipinski definition) is 3. The molecule has 9 nitrogen and oxygen atoms in total. The summed E-state index contributed by atoms with van der Waals surface area (Å²) in [7, 11) is 0. The van der Waals surface area contributed by atoms with E-state index in [1.54, 1.807) is 0 Å². The number of aromatic hydroxyl groups is 1. The highest BCUT2D eigenvalue weighted by Gasteiger charge is 2.31. The van der Waals surface area contributed by atoms with Crippen LogP contribution in [0.25, 0.3) is 11.1 Å². The first-order valence-corrected chi connectivity index (χ1v) is 11.2. The van der Waals surface area contributed by atoms with Crippen molar-refractivity contribution in [1.29, 1.82) is 0 Å². The number of aliphatic carboxylic acids is 1. The fraction of sp³-hybridized carbons (Fsp3) is 0.167. The molecule has 0 radical (unpaired) electrons. The van der Waals surface area contributed by atoms with Crippen LogP contribution >= 0.6 is 15.9 Å². The maximum absolute atomic E-state index is 14.0. The third-order valence-corrected chi connectivity index (χ3v) is 6.52. The standard InChI is InChI=1S/C24H18BrFN2O7/c25-20-21(26)19(28(33)34)10-12(22(20)29)9-18(23(30)31)27-24(32)35-11-17-15-7-3-1-5-13(15)14-6-2-4-8-16(14)17/h1-8,10,17-18,29H,9,11H2,(H,27,32)(H,30,31). The van der Waals surface area contributed by atoms with Crippen LogP contribution in [0.1, 0.15) is 22.6 Å². The lowest BCUT2D eigenvalue weighted by Crippen LogP contribution is -2.43. The van der Waals surface area contributed by atoms with E-state index in [9.17, 15) is 34.3 Å². The number of fused-ring (bicyclic) bond motifs is 3. The van der Waals surface area contributed by atoms with E-state index in [0.29, 0.717) is 0 Å². The zero-order chi connectivity index (χ0) is 25.3. The molecule has 1 atom stereocenters. The van der Waals surface area contributed by atoms with Gasteiger partial charge in [-0.1, -0.05) is 48.5 Å². The maximum atomic E-state index is 14.0. The molecule has 0 saturated heterocycles. The Balaban J connectivity index is 1.49. The van der Waals surface area contributed by atoms with Crippen molar-refractivity contribution in [2.75, 3.05) is 6.61 Å². The summed E-state index contributed by atoms with van der Waals surface area (Å²) in [6.07, 6.45) is -1.57. The third-order valence-electron chi connectivity index (χ3n) is 5.80. The molecule has 0 heterocycles. The van der Waals surface area contributed by atoms with Gasteiger partial charge in [0.2, 0.25) is 5.82 Å². The number of carbonyl (C=O) groups excluding carboxylic acids is 1. The predicted molar refractivity (Wildman–Crippen MR) is 126 cm³/mol. The topological polar surface area (TPSA) is 139 Å². The predicted octanol–water partition coefficient (Wildman–Crippen LogP) is 4.74. The number of alkyl carbamates (subject to hydrolysis) is 1. The van der Waals surface area contributed by atoms with Gasteiger partial charge in [-0.15, -0.1) is 0 Å². The fourth-order valence-electron chi connectivity index (χ4n) is 4.14. The van der Waals surface area contributed by atoms with Crippen LogP contribution in [0.2, 0.25) is 0 Å². The van der Waals surface area contributed by atoms with Crippen LogP contribution in [0, 0.1) is 15.9 Å². The molecule has 0 saturated carbocycles. The number of rotatable bonds is 7. The minimum absolute atomic E-state index is 0.0506. The molecule has 1 aliphatic carbocycles. The van der Waals surface area contributed by atoms with E-state index < -0.39 is 51.2 Å². The van der Waals surface area contributed by atoms with Crippen molar-refractivity contribution in [1.82, 2.24) is 5.32 Å². The monoisotopic (exact) mass is 544 g/mol. The summed E-state index contributed by atoms with van der Waals surface area (Å²) in [6, 6.07) is 14.5. The number of carboxylic acids is 1. The van der Waals surface area contributed by atoms with Gasteiger partial charge < -0.3 is 20.3 Å². The molecule has 3 aromatic carbocycles. The van der Waals surface area contributed by atoms with Crippen LogP contribution in [0.4, 0.5) is 14.9 Å². The van der Waals surface area contributed by atoms with E-state index in [2.05, 4.69) is 21.2 Å². The zero-order valence-electron chi connectivity index (χ0n) is 17.9. The Morgan fingerprint density at radius 3 is 2.26 bits per heavy atom. The fourth-order valence-corrected chi connectivity index (χ4v) is 4.60. The van der Waals surface area contributed by atoms with Crippen LogP contribution in [-0.4, -0.2) is 39.8 Å². The van der Waals surface area contributed by atoms with E-state index in [-0.39, 0.29) is 18.1 Å². The quantitative estimate of drug-likeness (QED) is 0.288. The van der Waals surface area contributed by atoms with Gasteiger partial charge in [-0.2, -0.15) is 4.39 Å². The summed E-state index contributed by atoms with van der Waals surface area (Å²) in [6.45, 7) is -0.0506. The third kappa shape index (κ3) is 4.67. The van der Waals surface area contributed by atoms with Crippen molar-refractivity contribution in [3.8, 4) is 16.9 Å². The Kier molecular flexibility index (Phi) is 6.70. The molecule has 3 aromatic rings. The average Bonchev–Trinajstić information content (AvgIpc) is 3.15. The lowest BCUT2D eigenvalue weighted by Gasteiger charge is -2.18. The van der Waals surface area contributed by atoms with Gasteiger partial charge in [0.25, 0.3) is 0 Å². The molecule has 1 unspecified atom stereocenters. The van der Waals surface area contributed by atoms with Crippen LogP contribution < -0.4 is 5.32 Å². The SMILES string of the molecule is O=C(NC(Cc1cc([N+](=O)[O-])c(F)c(Br)c1O)C(=O)O)OCC1c2ccccc2-c2ccccc21. The molecule has 3 N–H and O–H groups in total. The lowest BCUT2D eigenvalue weighted by molar-refractivity contribution is -0.387. The van der Waals surface area contributed by atoms with Gasteiger partial charge >= 0.3 is 17.7 Å². The molecule has 35 heavy (non-hydrogen) atoms. The molecule has 0 bridgehead atoms. The maximum Gasteiger partial charge on any atom is 0.407 e. The highest BCUT2D eigenvalue weighted by molar-refractivity contribution is 9.10. The Morgan fingerprint density at radius 2 is 1.71 bits per heavy atom. The minimum atomic E-state index is -1.60. The second-order valence-electron chi connectivity index (χ2n) is 7.85. The largest absolute Gasteiger partial charge is 0.506 e. The van der Waals surface area contributed by atoms with Crippen molar-refractivity contribution in [3.05, 3.63) is 91.7 Å². The van der Waals surface area contributed by atoms with Crippen LogP contribution in [0.3, 0.4) is 0 Å². The van der Waals surface area contributed by atoms with Crippen molar-refractivity contribution >= 4 is 33.7 Å². The number of hydrogen-bond acceptors (Lipinski definition) is 6. The minimum Gasteiger partial charge on any atom is -0.506 e. The molecule has 0 fully saturated rings. The van der Waals surface area contributed by atoms with E-state index in [1.165, 1.54) is 0 Å². The second-order valence-corrected chi connectivity index (χ2v) is 8.65.